The third kappa shape index (κ3) is 3.77. The van der Waals surface area contributed by atoms with E-state index >= 15 is 0 Å². The monoisotopic (exact) mass is 198 g/mol. The van der Waals surface area contributed by atoms with Crippen LogP contribution in [0.2, 0.25) is 0 Å². The zero-order chi connectivity index (χ0) is 10.6. The van der Waals surface area contributed by atoms with Gasteiger partial charge in [-0.15, -0.1) is 0 Å². The molecule has 0 saturated heterocycles. The lowest BCUT2D eigenvalue weighted by Crippen LogP contribution is -2.29. The van der Waals surface area contributed by atoms with Crippen LogP contribution in [-0.4, -0.2) is 11.9 Å². The molecule has 0 N–H and O–H groups in total. The summed E-state index contributed by atoms with van der Waals surface area (Å²) < 4.78 is 0. The first-order valence-electron chi connectivity index (χ1n) is 4.97. The van der Waals surface area contributed by atoms with Crippen molar-refractivity contribution in [3.05, 3.63) is 0 Å². The fraction of sp³-hybridized carbons (Fsp3) is 0.800. The van der Waals surface area contributed by atoms with Crippen molar-refractivity contribution in [2.45, 2.75) is 38.5 Å². The molecule has 1 fully saturated rings. The molecule has 1 rings (SSSR count). The zero-order valence-corrected chi connectivity index (χ0v) is 8.03. The largest absolute Gasteiger partial charge is 0.550 e. The molecule has 0 bridgehead atoms. The minimum atomic E-state index is -1.01. The fourth-order valence-corrected chi connectivity index (χ4v) is 2.11. The summed E-state index contributed by atoms with van der Waals surface area (Å²) in [6.45, 7) is 0. The van der Waals surface area contributed by atoms with Gasteiger partial charge in [-0.3, -0.25) is 0 Å². The highest BCUT2D eigenvalue weighted by molar-refractivity contribution is 5.65. The molecular weight excluding hydrogens is 184 g/mol. The van der Waals surface area contributed by atoms with Crippen LogP contribution in [0, 0.1) is 11.8 Å². The van der Waals surface area contributed by atoms with Crippen molar-refractivity contribution in [1.82, 2.24) is 0 Å². The number of hydrogen-bond acceptors (Lipinski definition) is 4. The van der Waals surface area contributed by atoms with Crippen LogP contribution in [0.4, 0.5) is 0 Å². The van der Waals surface area contributed by atoms with Crippen molar-refractivity contribution in [3.8, 4) is 0 Å². The summed E-state index contributed by atoms with van der Waals surface area (Å²) in [6.07, 6.45) is 3.41. The van der Waals surface area contributed by atoms with E-state index in [1.165, 1.54) is 0 Å². The standard InChI is InChI=1S/C10H16O4/c11-9(12)5-7-1-2-8(4-3-7)6-10(13)14/h7-8H,1-6H2,(H,11,12)(H,13,14)/p-2. The molecule has 1 aliphatic carbocycles. The van der Waals surface area contributed by atoms with Gasteiger partial charge in [-0.1, -0.05) is 0 Å². The molecule has 0 atom stereocenters. The van der Waals surface area contributed by atoms with Gasteiger partial charge >= 0.3 is 0 Å². The number of carbonyl (C=O) groups excluding carboxylic acids is 2. The van der Waals surface area contributed by atoms with Crippen LogP contribution in [-0.2, 0) is 9.59 Å². The summed E-state index contributed by atoms with van der Waals surface area (Å²) in [5, 5.41) is 20.6. The van der Waals surface area contributed by atoms with E-state index in [-0.39, 0.29) is 24.7 Å². The maximum atomic E-state index is 10.3. The lowest BCUT2D eigenvalue weighted by molar-refractivity contribution is -0.309. The molecule has 0 aromatic heterocycles. The molecule has 0 aliphatic heterocycles. The molecule has 0 aromatic carbocycles. The second-order valence-electron chi connectivity index (χ2n) is 4.04. The quantitative estimate of drug-likeness (QED) is 0.584. The van der Waals surface area contributed by atoms with Crippen molar-refractivity contribution in [2.24, 2.45) is 11.8 Å². The number of aliphatic carboxylic acids is 2. The lowest BCUT2D eigenvalue weighted by Gasteiger charge is -2.28. The Kier molecular flexibility index (Phi) is 3.92. The van der Waals surface area contributed by atoms with Gasteiger partial charge in [0.25, 0.3) is 0 Å². The van der Waals surface area contributed by atoms with Crippen molar-refractivity contribution in [1.29, 1.82) is 0 Å². The number of carboxylic acid groups (broad SMARTS) is 2. The summed E-state index contributed by atoms with van der Waals surface area (Å²) in [4.78, 5) is 20.6. The van der Waals surface area contributed by atoms with E-state index in [0.29, 0.717) is 0 Å². The summed E-state index contributed by atoms with van der Waals surface area (Å²) in [5.74, 6) is -1.65. The zero-order valence-electron chi connectivity index (χ0n) is 8.03. The maximum Gasteiger partial charge on any atom is 0.0417 e. The van der Waals surface area contributed by atoms with E-state index in [1.807, 2.05) is 0 Å². The highest BCUT2D eigenvalue weighted by Crippen LogP contribution is 2.32. The topological polar surface area (TPSA) is 80.3 Å². The molecule has 0 spiro atoms. The van der Waals surface area contributed by atoms with Gasteiger partial charge in [0.15, 0.2) is 0 Å². The highest BCUT2D eigenvalue weighted by atomic mass is 16.4. The van der Waals surface area contributed by atoms with Gasteiger partial charge in [0, 0.05) is 11.9 Å². The van der Waals surface area contributed by atoms with Crippen molar-refractivity contribution in [3.63, 3.8) is 0 Å². The van der Waals surface area contributed by atoms with Crippen LogP contribution in [0.3, 0.4) is 0 Å². The molecule has 14 heavy (non-hydrogen) atoms. The van der Waals surface area contributed by atoms with Gasteiger partial charge in [-0.05, 0) is 50.4 Å². The van der Waals surface area contributed by atoms with Crippen LogP contribution in [0.5, 0.6) is 0 Å². The Morgan fingerprint density at radius 2 is 1.14 bits per heavy atom. The van der Waals surface area contributed by atoms with Gasteiger partial charge in [-0.2, -0.15) is 0 Å². The summed E-state index contributed by atoms with van der Waals surface area (Å²) in [7, 11) is 0. The summed E-state index contributed by atoms with van der Waals surface area (Å²) in [5.41, 5.74) is 0. The Balaban J connectivity index is 2.24. The lowest BCUT2D eigenvalue weighted by atomic mass is 9.79. The van der Waals surface area contributed by atoms with E-state index in [0.717, 1.165) is 25.7 Å². The van der Waals surface area contributed by atoms with Crippen LogP contribution in [0.1, 0.15) is 38.5 Å². The normalized spacial score (nSPS) is 27.1. The molecule has 4 heteroatoms. The minimum Gasteiger partial charge on any atom is -0.550 e. The Morgan fingerprint density at radius 3 is 1.36 bits per heavy atom. The molecule has 80 valence electrons. The maximum absolute atomic E-state index is 10.3. The molecule has 0 heterocycles. The van der Waals surface area contributed by atoms with Gasteiger partial charge < -0.3 is 19.8 Å². The molecule has 0 unspecified atom stereocenters. The van der Waals surface area contributed by atoms with E-state index in [1.54, 1.807) is 0 Å². The second kappa shape index (κ2) is 4.98. The smallest absolute Gasteiger partial charge is 0.0417 e. The molecule has 1 aliphatic rings. The summed E-state index contributed by atoms with van der Waals surface area (Å²) >= 11 is 0. The SMILES string of the molecule is O=C([O-])CC1CCC(CC(=O)[O-])CC1. The van der Waals surface area contributed by atoms with Crippen molar-refractivity contribution in [2.75, 3.05) is 0 Å². The van der Waals surface area contributed by atoms with E-state index in [9.17, 15) is 19.8 Å². The second-order valence-corrected chi connectivity index (χ2v) is 4.04. The Morgan fingerprint density at radius 1 is 0.857 bits per heavy atom. The molecule has 0 radical (unpaired) electrons. The number of carboxylic acids is 2. The third-order valence-corrected chi connectivity index (χ3v) is 2.88. The van der Waals surface area contributed by atoms with Crippen LogP contribution in [0.25, 0.3) is 0 Å². The van der Waals surface area contributed by atoms with E-state index in [2.05, 4.69) is 0 Å². The number of hydrogen-bond donors (Lipinski definition) is 0. The Labute approximate surface area is 82.9 Å². The van der Waals surface area contributed by atoms with Crippen LogP contribution < -0.4 is 10.2 Å². The highest BCUT2D eigenvalue weighted by Gasteiger charge is 2.20. The van der Waals surface area contributed by atoms with Gasteiger partial charge in [0.1, 0.15) is 0 Å². The molecular formula is C10H14O4-2. The van der Waals surface area contributed by atoms with Gasteiger partial charge in [0.05, 0.1) is 0 Å². The van der Waals surface area contributed by atoms with Crippen molar-refractivity contribution < 1.29 is 19.8 Å². The minimum absolute atomic E-state index is 0.109. The van der Waals surface area contributed by atoms with Gasteiger partial charge in [0.2, 0.25) is 0 Å². The van der Waals surface area contributed by atoms with Crippen molar-refractivity contribution >= 4 is 11.9 Å². The van der Waals surface area contributed by atoms with Crippen LogP contribution >= 0.6 is 0 Å². The first-order valence-corrected chi connectivity index (χ1v) is 4.97. The number of rotatable bonds is 4. The average Bonchev–Trinajstić information content (AvgIpc) is 2.06. The van der Waals surface area contributed by atoms with E-state index < -0.39 is 11.9 Å². The first kappa shape index (κ1) is 11.0. The fourth-order valence-electron chi connectivity index (χ4n) is 2.11. The Hall–Kier alpha value is -1.06. The number of carbonyl (C=O) groups is 2. The third-order valence-electron chi connectivity index (χ3n) is 2.88. The molecule has 4 nitrogen and oxygen atoms in total. The van der Waals surface area contributed by atoms with E-state index in [4.69, 9.17) is 0 Å². The average molecular weight is 198 g/mol. The molecule has 1 saturated carbocycles. The van der Waals surface area contributed by atoms with Gasteiger partial charge in [-0.25, -0.2) is 0 Å². The predicted octanol–water partition coefficient (Wildman–Crippen LogP) is -0.927. The first-order chi connectivity index (χ1) is 6.58. The molecule has 0 aromatic rings. The van der Waals surface area contributed by atoms with Crippen LogP contribution in [0.15, 0.2) is 0 Å². The Bertz CT molecular complexity index is 192. The molecule has 0 amide bonds. The summed E-state index contributed by atoms with van der Waals surface area (Å²) in [6, 6.07) is 0. The predicted molar refractivity (Wildman–Crippen MR) is 44.7 cm³/mol.